The van der Waals surface area contributed by atoms with E-state index in [1.165, 1.54) is 18.4 Å². The van der Waals surface area contributed by atoms with E-state index < -0.39 is 8.07 Å². The Kier molecular flexibility index (Phi) is 6.29. The zero-order chi connectivity index (χ0) is 15.0. The summed E-state index contributed by atoms with van der Waals surface area (Å²) in [6, 6.07) is 9.83. The molecule has 1 aromatic carbocycles. The molecule has 0 N–H and O–H groups in total. The van der Waals surface area contributed by atoms with Crippen molar-refractivity contribution in [1.82, 2.24) is 0 Å². The van der Waals surface area contributed by atoms with E-state index in [4.69, 9.17) is 5.26 Å². The lowest BCUT2D eigenvalue weighted by atomic mass is 10.1. The second-order valence-corrected chi connectivity index (χ2v) is 10.8. The van der Waals surface area contributed by atoms with Gasteiger partial charge in [-0.15, -0.1) is 5.54 Å². The maximum atomic E-state index is 8.82. The van der Waals surface area contributed by atoms with Crippen LogP contribution in [0.5, 0.6) is 0 Å². The van der Waals surface area contributed by atoms with Gasteiger partial charge in [-0.25, -0.2) is 0 Å². The second kappa shape index (κ2) is 7.73. The Morgan fingerprint density at radius 3 is 2.35 bits per heavy atom. The first-order valence-electron chi connectivity index (χ1n) is 7.18. The predicted molar refractivity (Wildman–Crippen MR) is 89.8 cm³/mol. The van der Waals surface area contributed by atoms with E-state index in [1.807, 2.05) is 24.3 Å². The van der Waals surface area contributed by atoms with Crippen molar-refractivity contribution < 1.29 is 0 Å². The highest BCUT2D eigenvalue weighted by molar-refractivity contribution is 6.83. The van der Waals surface area contributed by atoms with Gasteiger partial charge in [-0.05, 0) is 36.6 Å². The number of nitrogens with zero attached hydrogens (tertiary/aromatic N) is 1. The maximum Gasteiger partial charge on any atom is 0.129 e. The topological polar surface area (TPSA) is 23.8 Å². The summed E-state index contributed by atoms with van der Waals surface area (Å²) in [6.07, 6.45) is 5.54. The minimum atomic E-state index is -1.34. The molecule has 0 spiro atoms. The highest BCUT2D eigenvalue weighted by Gasteiger charge is 2.07. The van der Waals surface area contributed by atoms with Crippen molar-refractivity contribution >= 4 is 14.1 Å². The predicted octanol–water partition coefficient (Wildman–Crippen LogP) is 5.01. The van der Waals surface area contributed by atoms with E-state index in [0.29, 0.717) is 5.56 Å². The van der Waals surface area contributed by atoms with E-state index in [1.54, 1.807) is 0 Å². The summed E-state index contributed by atoms with van der Waals surface area (Å²) in [5, 5.41) is 8.82. The van der Waals surface area contributed by atoms with Gasteiger partial charge >= 0.3 is 0 Å². The molecule has 0 bridgehead atoms. The molecule has 0 heterocycles. The number of rotatable bonds is 4. The highest BCUT2D eigenvalue weighted by Crippen LogP contribution is 2.14. The molecule has 0 aliphatic rings. The number of benzene rings is 1. The van der Waals surface area contributed by atoms with Crippen LogP contribution in [0.25, 0.3) is 6.08 Å². The summed E-state index contributed by atoms with van der Waals surface area (Å²) in [5.41, 5.74) is 6.47. The molecule has 20 heavy (non-hydrogen) atoms. The molecule has 1 rings (SSSR count). The summed E-state index contributed by atoms with van der Waals surface area (Å²) in [5.74, 6) is 3.38. The molecular formula is C18H23NSi. The van der Waals surface area contributed by atoms with Gasteiger partial charge in [-0.1, -0.05) is 51.0 Å². The van der Waals surface area contributed by atoms with Gasteiger partial charge in [0.2, 0.25) is 0 Å². The third-order valence-electron chi connectivity index (χ3n) is 2.78. The van der Waals surface area contributed by atoms with Crippen molar-refractivity contribution in [1.29, 1.82) is 5.26 Å². The third-order valence-corrected chi connectivity index (χ3v) is 3.65. The molecule has 1 nitrogen and oxygen atoms in total. The second-order valence-electron chi connectivity index (χ2n) is 6.01. The van der Waals surface area contributed by atoms with Crippen LogP contribution in [-0.2, 0) is 0 Å². The van der Waals surface area contributed by atoms with Gasteiger partial charge in [0.15, 0.2) is 0 Å². The normalized spacial score (nSPS) is 11.4. The fourth-order valence-electron chi connectivity index (χ4n) is 1.66. The van der Waals surface area contributed by atoms with E-state index in [0.717, 1.165) is 12.0 Å². The number of hydrogen-bond acceptors (Lipinski definition) is 1. The highest BCUT2D eigenvalue weighted by atomic mass is 28.3. The average molecular weight is 281 g/mol. The van der Waals surface area contributed by atoms with Crippen LogP contribution in [0, 0.1) is 22.8 Å². The Hall–Kier alpha value is -1.77. The molecule has 0 saturated heterocycles. The standard InChI is InChI=1S/C18H23NSi/c1-5-6-7-16(12-13-20(2,3)4)14-17-8-10-18(15-19)11-9-17/h8-11,14H,5-7H2,1-4H3/b16-14+. The van der Waals surface area contributed by atoms with E-state index in [9.17, 15) is 0 Å². The Balaban J connectivity index is 2.98. The first kappa shape index (κ1) is 16.3. The lowest BCUT2D eigenvalue weighted by Crippen LogP contribution is -2.16. The largest absolute Gasteiger partial charge is 0.192 e. The molecule has 0 amide bonds. The lowest BCUT2D eigenvalue weighted by molar-refractivity contribution is 0.803. The number of allylic oxidation sites excluding steroid dienone is 1. The molecule has 0 aliphatic heterocycles. The van der Waals surface area contributed by atoms with Crippen LogP contribution in [0.3, 0.4) is 0 Å². The molecular weight excluding hydrogens is 258 g/mol. The lowest BCUT2D eigenvalue weighted by Gasteiger charge is -2.05. The fourth-order valence-corrected chi connectivity index (χ4v) is 2.20. The molecule has 2 heteroatoms. The smallest absolute Gasteiger partial charge is 0.129 e. The maximum absolute atomic E-state index is 8.82. The number of nitriles is 1. The van der Waals surface area contributed by atoms with E-state index >= 15 is 0 Å². The summed E-state index contributed by atoms with van der Waals surface area (Å²) in [4.78, 5) is 0. The van der Waals surface area contributed by atoms with Gasteiger partial charge in [-0.3, -0.25) is 0 Å². The Morgan fingerprint density at radius 2 is 1.85 bits per heavy atom. The van der Waals surface area contributed by atoms with Crippen molar-refractivity contribution in [2.45, 2.75) is 45.8 Å². The summed E-state index contributed by atoms with van der Waals surface area (Å²) in [6.45, 7) is 8.99. The first-order chi connectivity index (χ1) is 9.44. The van der Waals surface area contributed by atoms with Gasteiger partial charge < -0.3 is 0 Å². The van der Waals surface area contributed by atoms with Crippen LogP contribution in [-0.4, -0.2) is 8.07 Å². The van der Waals surface area contributed by atoms with Crippen molar-refractivity contribution in [2.24, 2.45) is 0 Å². The van der Waals surface area contributed by atoms with Crippen molar-refractivity contribution in [3.05, 3.63) is 41.0 Å². The van der Waals surface area contributed by atoms with Crippen LogP contribution in [0.15, 0.2) is 29.8 Å². The molecule has 0 aromatic heterocycles. The van der Waals surface area contributed by atoms with Crippen LogP contribution >= 0.6 is 0 Å². The van der Waals surface area contributed by atoms with Crippen LogP contribution in [0.1, 0.15) is 37.3 Å². The zero-order valence-electron chi connectivity index (χ0n) is 13.0. The molecule has 0 saturated carbocycles. The van der Waals surface area contributed by atoms with Crippen LogP contribution in [0.4, 0.5) is 0 Å². The molecule has 0 aliphatic carbocycles. The molecule has 0 radical (unpaired) electrons. The molecule has 1 aromatic rings. The fraction of sp³-hybridized carbons (Fsp3) is 0.389. The van der Waals surface area contributed by atoms with Gasteiger partial charge in [0.05, 0.1) is 11.6 Å². The molecule has 0 atom stereocenters. The molecule has 0 fully saturated rings. The van der Waals surface area contributed by atoms with Crippen molar-refractivity contribution in [3.63, 3.8) is 0 Å². The Labute approximate surface area is 124 Å². The SMILES string of the molecule is CCCC/C(C#C[Si](C)(C)C)=C\c1ccc(C#N)cc1. The summed E-state index contributed by atoms with van der Waals surface area (Å²) >= 11 is 0. The van der Waals surface area contributed by atoms with Gasteiger partial charge in [0.25, 0.3) is 0 Å². The minimum absolute atomic E-state index is 0.699. The molecule has 0 unspecified atom stereocenters. The summed E-state index contributed by atoms with van der Waals surface area (Å²) < 4.78 is 0. The van der Waals surface area contributed by atoms with Crippen LogP contribution < -0.4 is 0 Å². The van der Waals surface area contributed by atoms with Gasteiger partial charge in [0, 0.05) is 5.57 Å². The Bertz CT molecular complexity index is 557. The Morgan fingerprint density at radius 1 is 1.20 bits per heavy atom. The van der Waals surface area contributed by atoms with Gasteiger partial charge in [0.1, 0.15) is 8.07 Å². The van der Waals surface area contributed by atoms with Crippen LogP contribution in [0.2, 0.25) is 19.6 Å². The number of hydrogen-bond donors (Lipinski definition) is 0. The van der Waals surface area contributed by atoms with E-state index in [-0.39, 0.29) is 0 Å². The molecule has 104 valence electrons. The van der Waals surface area contributed by atoms with Gasteiger partial charge in [-0.2, -0.15) is 5.26 Å². The zero-order valence-corrected chi connectivity index (χ0v) is 14.0. The average Bonchev–Trinajstić information content (AvgIpc) is 2.41. The monoisotopic (exact) mass is 281 g/mol. The van der Waals surface area contributed by atoms with Crippen molar-refractivity contribution in [3.8, 4) is 17.5 Å². The quantitative estimate of drug-likeness (QED) is 0.562. The van der Waals surface area contributed by atoms with E-state index in [2.05, 4.69) is 50.2 Å². The summed E-state index contributed by atoms with van der Waals surface area (Å²) in [7, 11) is -1.34. The van der Waals surface area contributed by atoms with Crippen molar-refractivity contribution in [2.75, 3.05) is 0 Å². The third kappa shape index (κ3) is 6.41. The minimum Gasteiger partial charge on any atom is -0.192 e. The number of unbranched alkanes of at least 4 members (excludes halogenated alkanes) is 1. The first-order valence-corrected chi connectivity index (χ1v) is 10.7.